The van der Waals surface area contributed by atoms with Crippen LogP contribution in [0.3, 0.4) is 0 Å². The third kappa shape index (κ3) is 2.73. The fourth-order valence-corrected chi connectivity index (χ4v) is 8.06. The Hall–Kier alpha value is -2.29. The Morgan fingerprint density at radius 3 is 2.79 bits per heavy atom. The maximum Gasteiger partial charge on any atom is 0.218 e. The number of fused-ring (bicyclic) bond motifs is 6. The number of nitrogens with zero attached hydrogens (tertiary/aromatic N) is 3. The number of halogens is 1. The van der Waals surface area contributed by atoms with Crippen LogP contribution in [0.5, 0.6) is 0 Å². The summed E-state index contributed by atoms with van der Waals surface area (Å²) in [6, 6.07) is 2.98. The second-order valence-electron chi connectivity index (χ2n) is 11.0. The first-order valence-electron chi connectivity index (χ1n) is 11.8. The molecule has 4 aliphatic rings. The summed E-state index contributed by atoms with van der Waals surface area (Å²) in [6.45, 7) is 4.15. The maximum atomic E-state index is 13.3. The van der Waals surface area contributed by atoms with Gasteiger partial charge in [-0.05, 0) is 66.9 Å². The Kier molecular flexibility index (Phi) is 4.65. The van der Waals surface area contributed by atoms with E-state index in [1.54, 1.807) is 10.7 Å². The molecule has 4 aliphatic carbocycles. The molecule has 0 spiro atoms. The number of carbonyl (C=O) groups excluding carboxylic acids is 1. The molecule has 2 aromatic heterocycles. The summed E-state index contributed by atoms with van der Waals surface area (Å²) < 4.78 is 15.1. The smallest absolute Gasteiger partial charge is 0.218 e. The third-order valence-corrected chi connectivity index (χ3v) is 9.82. The van der Waals surface area contributed by atoms with Crippen molar-refractivity contribution in [1.29, 1.82) is 0 Å². The molecule has 0 amide bonds. The van der Waals surface area contributed by atoms with Gasteiger partial charge < -0.3 is 10.2 Å². The minimum absolute atomic E-state index is 0.0387. The van der Waals surface area contributed by atoms with Crippen molar-refractivity contribution >= 4 is 23.8 Å². The lowest BCUT2D eigenvalue weighted by atomic mass is 9.47. The molecule has 2 heterocycles. The number of carbonyl (C=O) groups is 1. The topological polar surface area (TPSA) is 88.2 Å². The Balaban J connectivity index is 1.42. The molecule has 6 nitrogen and oxygen atoms in total. The van der Waals surface area contributed by atoms with E-state index in [2.05, 4.69) is 47.9 Å². The molecule has 2 fully saturated rings. The third-order valence-electron chi connectivity index (χ3n) is 9.45. The molecule has 4 unspecified atom stereocenters. The van der Waals surface area contributed by atoms with Crippen LogP contribution in [0.15, 0.2) is 42.3 Å². The van der Waals surface area contributed by atoms with Crippen molar-refractivity contribution < 1.29 is 19.4 Å². The van der Waals surface area contributed by atoms with Gasteiger partial charge in [0, 0.05) is 16.7 Å². The summed E-state index contributed by atoms with van der Waals surface area (Å²) >= 11 is 4.03. The summed E-state index contributed by atoms with van der Waals surface area (Å²) in [6.07, 6.45) is 11.3. The predicted octanol–water partition coefficient (Wildman–Crippen LogP) is 3.52. The lowest BCUT2D eigenvalue weighted by Crippen LogP contribution is -2.60. The molecule has 6 rings (SSSR count). The Bertz CT molecular complexity index is 1260. The molecule has 2 saturated carbocycles. The van der Waals surface area contributed by atoms with Crippen LogP contribution in [0.25, 0.3) is 11.8 Å². The van der Waals surface area contributed by atoms with E-state index in [0.717, 1.165) is 23.3 Å². The summed E-state index contributed by atoms with van der Waals surface area (Å²) in [5.74, 6) is -0.432. The van der Waals surface area contributed by atoms with Crippen molar-refractivity contribution in [2.75, 3.05) is 0 Å². The average molecular weight is 482 g/mol. The fourth-order valence-electron chi connectivity index (χ4n) is 7.69. The van der Waals surface area contributed by atoms with Gasteiger partial charge in [-0.25, -0.2) is 9.67 Å². The highest BCUT2D eigenvalue weighted by molar-refractivity contribution is 7.96. The van der Waals surface area contributed by atoms with Crippen LogP contribution < -0.4 is 0 Å². The number of allylic oxidation sites excluding steroid dienone is 3. The molecular formula is C26H28FN3O3S. The highest BCUT2D eigenvalue weighted by Gasteiger charge is 2.67. The minimum atomic E-state index is -1.51. The van der Waals surface area contributed by atoms with Crippen molar-refractivity contribution in [1.82, 2.24) is 14.8 Å². The number of thiol groups is 1. The van der Waals surface area contributed by atoms with Gasteiger partial charge >= 0.3 is 0 Å². The van der Waals surface area contributed by atoms with Crippen LogP contribution >= 0.6 is 12.6 Å². The summed E-state index contributed by atoms with van der Waals surface area (Å²) in [5, 5.41) is 26.8. The van der Waals surface area contributed by atoms with Crippen LogP contribution in [-0.2, 0) is 11.2 Å². The normalized spacial score (nSPS) is 40.1. The highest BCUT2D eigenvalue weighted by atomic mass is 32.1. The number of pyridine rings is 1. The van der Waals surface area contributed by atoms with E-state index in [1.807, 2.05) is 13.1 Å². The lowest BCUT2D eigenvalue weighted by Gasteiger charge is -2.58. The van der Waals surface area contributed by atoms with Crippen molar-refractivity contribution in [2.24, 2.45) is 28.6 Å². The lowest BCUT2D eigenvalue weighted by molar-refractivity contribution is -0.164. The standard InChI is InChI=1S/C26H28FN3O3S/c1-24-10-14-12-29-30(16-4-6-21(27)28-13-16)19(14)9-15(24)3-5-17-18-7-8-26(33,23(32)34)25(18,2)11-20(31)22(17)24/h3-6,9,12-13,17-18,20,22,31,33H,7-8,10-11H2,1-2H3,(H,32,34)/t17?,18?,20?,22?,24-,25-,26-/m0/s1. The summed E-state index contributed by atoms with van der Waals surface area (Å²) in [4.78, 5) is 16.1. The average Bonchev–Trinajstić information content (AvgIpc) is 3.30. The van der Waals surface area contributed by atoms with E-state index in [1.165, 1.54) is 12.3 Å². The van der Waals surface area contributed by atoms with E-state index in [0.29, 0.717) is 24.9 Å². The zero-order chi connectivity index (χ0) is 24.0. The van der Waals surface area contributed by atoms with Crippen LogP contribution in [0.2, 0.25) is 0 Å². The molecule has 0 aromatic carbocycles. The number of hydrogen-bond donors (Lipinski definition) is 3. The Morgan fingerprint density at radius 2 is 2.09 bits per heavy atom. The molecule has 0 aliphatic heterocycles. The summed E-state index contributed by atoms with van der Waals surface area (Å²) in [7, 11) is 0. The fraction of sp³-hybridized carbons (Fsp3) is 0.500. The number of hydrogen-bond acceptors (Lipinski definition) is 5. The first-order chi connectivity index (χ1) is 16.1. The molecule has 7 atom stereocenters. The molecule has 2 aromatic rings. The zero-order valence-corrected chi connectivity index (χ0v) is 20.0. The number of rotatable bonds is 2. The summed E-state index contributed by atoms with van der Waals surface area (Å²) in [5.41, 5.74) is 1.29. The van der Waals surface area contributed by atoms with E-state index >= 15 is 0 Å². The Morgan fingerprint density at radius 1 is 1.29 bits per heavy atom. The minimum Gasteiger partial charge on any atom is -0.393 e. The number of aromatic nitrogens is 3. The van der Waals surface area contributed by atoms with Gasteiger partial charge in [0.15, 0.2) is 0 Å². The second kappa shape index (κ2) is 7.12. The molecule has 8 heteroatoms. The van der Waals surface area contributed by atoms with Gasteiger partial charge in [0.2, 0.25) is 11.1 Å². The number of aliphatic hydroxyl groups is 2. The molecule has 0 saturated heterocycles. The van der Waals surface area contributed by atoms with Crippen molar-refractivity contribution in [3.8, 4) is 5.69 Å². The SMILES string of the molecule is C[C@]12Cc3cnn(-c4ccc(F)nc4)c3C=C1C=CC1C2C(O)C[C@@]2(C)C1CC[C@]2(O)C(=O)S. The first kappa shape index (κ1) is 22.2. The van der Waals surface area contributed by atoms with E-state index < -0.39 is 28.2 Å². The van der Waals surface area contributed by atoms with E-state index in [9.17, 15) is 19.4 Å². The molecule has 0 bridgehead atoms. The molecule has 178 valence electrons. The van der Waals surface area contributed by atoms with Gasteiger partial charge in [0.25, 0.3) is 0 Å². The van der Waals surface area contributed by atoms with Crippen LogP contribution in [0, 0.1) is 34.5 Å². The zero-order valence-electron chi connectivity index (χ0n) is 19.1. The van der Waals surface area contributed by atoms with Crippen molar-refractivity contribution in [2.45, 2.75) is 51.2 Å². The van der Waals surface area contributed by atoms with Gasteiger partial charge in [0.05, 0.1) is 29.9 Å². The monoisotopic (exact) mass is 481 g/mol. The first-order valence-corrected chi connectivity index (χ1v) is 12.3. The van der Waals surface area contributed by atoms with E-state index in [4.69, 9.17) is 0 Å². The van der Waals surface area contributed by atoms with Crippen molar-refractivity contribution in [3.05, 3.63) is 59.5 Å². The Labute approximate surface area is 203 Å². The maximum absolute atomic E-state index is 13.3. The molecule has 34 heavy (non-hydrogen) atoms. The largest absolute Gasteiger partial charge is 0.393 e. The van der Waals surface area contributed by atoms with Gasteiger partial charge in [0.1, 0.15) is 5.60 Å². The van der Waals surface area contributed by atoms with Crippen molar-refractivity contribution in [3.63, 3.8) is 0 Å². The number of aliphatic hydroxyl groups excluding tert-OH is 1. The van der Waals surface area contributed by atoms with Crippen LogP contribution in [0.1, 0.15) is 44.4 Å². The van der Waals surface area contributed by atoms with Gasteiger partial charge in [-0.3, -0.25) is 4.79 Å². The van der Waals surface area contributed by atoms with Gasteiger partial charge in [-0.15, -0.1) is 12.6 Å². The highest BCUT2D eigenvalue weighted by Crippen LogP contribution is 2.66. The van der Waals surface area contributed by atoms with Crippen LogP contribution in [0.4, 0.5) is 4.39 Å². The molecule has 0 radical (unpaired) electrons. The van der Waals surface area contributed by atoms with Crippen LogP contribution in [-0.4, -0.2) is 41.8 Å². The molecule has 2 N–H and O–H groups in total. The molecular weight excluding hydrogens is 453 g/mol. The van der Waals surface area contributed by atoms with E-state index in [-0.39, 0.29) is 23.2 Å². The predicted molar refractivity (Wildman–Crippen MR) is 128 cm³/mol. The van der Waals surface area contributed by atoms with Gasteiger partial charge in [-0.2, -0.15) is 9.49 Å². The van der Waals surface area contributed by atoms with Gasteiger partial charge in [-0.1, -0.05) is 26.0 Å². The second-order valence-corrected chi connectivity index (χ2v) is 11.4. The quantitative estimate of drug-likeness (QED) is 0.451.